The monoisotopic (exact) mass is 367 g/mol. The number of likely N-dealkylation sites (tertiary alicyclic amines) is 1. The summed E-state index contributed by atoms with van der Waals surface area (Å²) >= 11 is 6.26. The molecule has 4 nitrogen and oxygen atoms in total. The molecule has 0 bridgehead atoms. The normalized spacial score (nSPS) is 17.5. The van der Waals surface area contributed by atoms with Crippen LogP contribution in [0.15, 0.2) is 53.6 Å². The number of amides is 2. The van der Waals surface area contributed by atoms with Gasteiger partial charge in [-0.1, -0.05) is 41.9 Å². The van der Waals surface area contributed by atoms with Crippen molar-refractivity contribution >= 4 is 35.6 Å². The first-order valence-electron chi connectivity index (χ1n) is 8.07. The van der Waals surface area contributed by atoms with Crippen LogP contribution in [0.2, 0.25) is 5.02 Å². The lowest BCUT2D eigenvalue weighted by atomic mass is 10.0. The van der Waals surface area contributed by atoms with E-state index in [4.69, 9.17) is 16.3 Å². The third kappa shape index (κ3) is 3.28. The van der Waals surface area contributed by atoms with Gasteiger partial charge in [-0.25, -0.2) is 0 Å². The average Bonchev–Trinajstić information content (AvgIpc) is 2.83. The lowest BCUT2D eigenvalue weighted by molar-refractivity contribution is -0.134. The summed E-state index contributed by atoms with van der Waals surface area (Å²) in [6, 6.07) is 13.0. The first kappa shape index (κ1) is 18.0. The van der Waals surface area contributed by atoms with Gasteiger partial charge in [-0.05, 0) is 42.3 Å². The van der Waals surface area contributed by atoms with E-state index in [1.807, 2.05) is 37.3 Å². The van der Waals surface area contributed by atoms with Gasteiger partial charge in [-0.3, -0.25) is 14.5 Å². The molecule has 1 aliphatic rings. The summed E-state index contributed by atoms with van der Waals surface area (Å²) in [5.74, 6) is -0.0359. The quantitative estimate of drug-likeness (QED) is 0.605. The molecule has 2 aromatic carbocycles. The Labute approximate surface area is 157 Å². The Morgan fingerprint density at radius 1 is 0.962 bits per heavy atom. The Kier molecular flexibility index (Phi) is 4.96. The van der Waals surface area contributed by atoms with Gasteiger partial charge in [0, 0.05) is 17.6 Å². The SMILES string of the molecule is COc1cc(/C=C2/C(=O)N(C)C(=O)/C2=C/c2ccccc2)cc(Cl)c1C. The van der Waals surface area contributed by atoms with Crippen molar-refractivity contribution in [2.75, 3.05) is 14.2 Å². The minimum absolute atomic E-state index is 0.324. The molecule has 2 amide bonds. The maximum Gasteiger partial charge on any atom is 0.261 e. The first-order chi connectivity index (χ1) is 12.4. The number of halogens is 1. The Hall–Kier alpha value is -2.85. The molecule has 0 atom stereocenters. The highest BCUT2D eigenvalue weighted by molar-refractivity contribution is 6.32. The van der Waals surface area contributed by atoms with Gasteiger partial charge in [0.05, 0.1) is 18.3 Å². The number of likely N-dealkylation sites (N-methyl/N-ethyl adjacent to an activating group) is 1. The van der Waals surface area contributed by atoms with Crippen LogP contribution in [0, 0.1) is 6.92 Å². The molecule has 26 heavy (non-hydrogen) atoms. The van der Waals surface area contributed by atoms with Gasteiger partial charge in [-0.15, -0.1) is 0 Å². The van der Waals surface area contributed by atoms with Crippen molar-refractivity contribution < 1.29 is 14.3 Å². The maximum atomic E-state index is 12.6. The summed E-state index contributed by atoms with van der Waals surface area (Å²) in [4.78, 5) is 26.2. The van der Waals surface area contributed by atoms with Crippen LogP contribution in [-0.2, 0) is 9.59 Å². The van der Waals surface area contributed by atoms with E-state index in [0.717, 1.165) is 16.0 Å². The molecule has 0 unspecified atom stereocenters. The van der Waals surface area contributed by atoms with E-state index in [1.165, 1.54) is 7.05 Å². The highest BCUT2D eigenvalue weighted by atomic mass is 35.5. The van der Waals surface area contributed by atoms with Gasteiger partial charge in [0.2, 0.25) is 0 Å². The molecule has 1 heterocycles. The van der Waals surface area contributed by atoms with Gasteiger partial charge in [0.1, 0.15) is 5.75 Å². The smallest absolute Gasteiger partial charge is 0.261 e. The summed E-state index contributed by atoms with van der Waals surface area (Å²) in [7, 11) is 3.04. The van der Waals surface area contributed by atoms with Gasteiger partial charge in [-0.2, -0.15) is 0 Å². The van der Waals surface area contributed by atoms with Crippen LogP contribution in [0.4, 0.5) is 0 Å². The zero-order chi connectivity index (χ0) is 18.8. The number of nitrogens with zero attached hydrogens (tertiary/aromatic N) is 1. The van der Waals surface area contributed by atoms with E-state index in [-0.39, 0.29) is 11.8 Å². The summed E-state index contributed by atoms with van der Waals surface area (Å²) in [6.45, 7) is 1.86. The Morgan fingerprint density at radius 3 is 2.12 bits per heavy atom. The minimum Gasteiger partial charge on any atom is -0.496 e. The molecule has 0 aliphatic carbocycles. The second-order valence-corrected chi connectivity index (χ2v) is 6.43. The number of methoxy groups -OCH3 is 1. The van der Waals surface area contributed by atoms with Crippen molar-refractivity contribution in [3.63, 3.8) is 0 Å². The van der Waals surface area contributed by atoms with E-state index in [9.17, 15) is 9.59 Å². The summed E-state index contributed by atoms with van der Waals surface area (Å²) in [5.41, 5.74) is 3.07. The Balaban J connectivity index is 2.13. The molecule has 3 rings (SSSR count). The lowest BCUT2D eigenvalue weighted by Crippen LogP contribution is -2.24. The zero-order valence-corrected chi connectivity index (χ0v) is 15.5. The van der Waals surface area contributed by atoms with Crippen molar-refractivity contribution in [3.05, 3.63) is 75.3 Å². The molecule has 0 N–H and O–H groups in total. The first-order valence-corrected chi connectivity index (χ1v) is 8.45. The highest BCUT2D eigenvalue weighted by Gasteiger charge is 2.36. The zero-order valence-electron chi connectivity index (χ0n) is 14.7. The van der Waals surface area contributed by atoms with Crippen molar-refractivity contribution in [3.8, 4) is 5.75 Å². The van der Waals surface area contributed by atoms with Crippen LogP contribution in [0.25, 0.3) is 12.2 Å². The third-order valence-electron chi connectivity index (χ3n) is 4.32. The van der Waals surface area contributed by atoms with E-state index in [0.29, 0.717) is 27.5 Å². The van der Waals surface area contributed by atoms with Gasteiger partial charge in [0.25, 0.3) is 11.8 Å². The molecule has 1 saturated heterocycles. The topological polar surface area (TPSA) is 46.6 Å². The number of imide groups is 1. The minimum atomic E-state index is -0.340. The Bertz CT molecular complexity index is 945. The second-order valence-electron chi connectivity index (χ2n) is 6.03. The molecular weight excluding hydrogens is 350 g/mol. The number of hydrogen-bond donors (Lipinski definition) is 0. The molecule has 0 radical (unpaired) electrons. The molecule has 1 fully saturated rings. The van der Waals surface area contributed by atoms with Crippen LogP contribution in [0.5, 0.6) is 5.75 Å². The van der Waals surface area contributed by atoms with Crippen molar-refractivity contribution in [2.24, 2.45) is 0 Å². The van der Waals surface area contributed by atoms with E-state index >= 15 is 0 Å². The number of ether oxygens (including phenoxy) is 1. The lowest BCUT2D eigenvalue weighted by Gasteiger charge is -2.08. The van der Waals surface area contributed by atoms with Crippen LogP contribution in [-0.4, -0.2) is 30.9 Å². The number of benzene rings is 2. The number of carbonyl (C=O) groups excluding carboxylic acids is 2. The number of carbonyl (C=O) groups is 2. The molecular formula is C21H18ClNO3. The largest absolute Gasteiger partial charge is 0.496 e. The van der Waals surface area contributed by atoms with Gasteiger partial charge >= 0.3 is 0 Å². The number of hydrogen-bond acceptors (Lipinski definition) is 3. The molecule has 1 aliphatic heterocycles. The second kappa shape index (κ2) is 7.18. The Morgan fingerprint density at radius 2 is 1.54 bits per heavy atom. The van der Waals surface area contributed by atoms with Crippen molar-refractivity contribution in [1.29, 1.82) is 0 Å². The fraction of sp³-hybridized carbons (Fsp3) is 0.143. The highest BCUT2D eigenvalue weighted by Crippen LogP contribution is 2.32. The summed E-state index contributed by atoms with van der Waals surface area (Å²) in [5, 5.41) is 0.537. The molecule has 0 saturated carbocycles. The number of rotatable bonds is 3. The molecule has 132 valence electrons. The van der Waals surface area contributed by atoms with Gasteiger partial charge < -0.3 is 4.74 Å². The fourth-order valence-corrected chi connectivity index (χ4v) is 3.03. The van der Waals surface area contributed by atoms with Crippen LogP contribution in [0.3, 0.4) is 0 Å². The van der Waals surface area contributed by atoms with E-state index < -0.39 is 0 Å². The molecule has 2 aromatic rings. The third-order valence-corrected chi connectivity index (χ3v) is 4.71. The van der Waals surface area contributed by atoms with Crippen molar-refractivity contribution in [1.82, 2.24) is 4.90 Å². The van der Waals surface area contributed by atoms with E-state index in [1.54, 1.807) is 31.4 Å². The van der Waals surface area contributed by atoms with Gasteiger partial charge in [0.15, 0.2) is 0 Å². The predicted molar refractivity (Wildman–Crippen MR) is 103 cm³/mol. The molecule has 0 spiro atoms. The summed E-state index contributed by atoms with van der Waals surface area (Å²) in [6.07, 6.45) is 3.40. The van der Waals surface area contributed by atoms with Crippen LogP contribution < -0.4 is 4.74 Å². The average molecular weight is 368 g/mol. The standard InChI is InChI=1S/C21H18ClNO3/c1-13-18(22)11-15(12-19(13)26-3)10-17-16(20(24)23(2)21(17)25)9-14-7-5-4-6-8-14/h4-12H,1-3H3/b16-9+,17-10+. The fourth-order valence-electron chi connectivity index (χ4n) is 2.81. The predicted octanol–water partition coefficient (Wildman–Crippen LogP) is 4.12. The summed E-state index contributed by atoms with van der Waals surface area (Å²) < 4.78 is 5.33. The molecule has 0 aromatic heterocycles. The molecule has 5 heteroatoms. The van der Waals surface area contributed by atoms with Crippen LogP contribution in [0.1, 0.15) is 16.7 Å². The maximum absolute atomic E-state index is 12.6. The van der Waals surface area contributed by atoms with Crippen molar-refractivity contribution in [2.45, 2.75) is 6.92 Å². The van der Waals surface area contributed by atoms with Crippen LogP contribution >= 0.6 is 11.6 Å². The van der Waals surface area contributed by atoms with E-state index in [2.05, 4.69) is 0 Å².